The van der Waals surface area contributed by atoms with Crippen LogP contribution in [0.4, 0.5) is 0 Å². The van der Waals surface area contributed by atoms with E-state index in [1.54, 1.807) is 34.6 Å². The van der Waals surface area contributed by atoms with Crippen molar-refractivity contribution in [1.82, 2.24) is 5.06 Å². The highest BCUT2D eigenvalue weighted by molar-refractivity contribution is 6.42. The summed E-state index contributed by atoms with van der Waals surface area (Å²) in [5, 5.41) is 26.9. The Balaban J connectivity index is 3.35. The Morgan fingerprint density at radius 2 is 1.94 bits per heavy atom. The van der Waals surface area contributed by atoms with Gasteiger partial charge in [0.05, 0.1) is 0 Å². The number of oxime groups is 1. The SMILES string of the molecule is CO/N=C(\C)C1=[N+]([O-])C(C)(C)N(O)C1(C)C. The van der Waals surface area contributed by atoms with Crippen molar-refractivity contribution in [1.29, 1.82) is 0 Å². The third kappa shape index (κ3) is 1.58. The standard InChI is InChI=1S/C10H19N3O3/c1-7(11-16-6)8-9(2,3)13(15)10(4,5)12(8)14/h15H,1-6H3/b11-7+. The molecule has 1 aliphatic heterocycles. The van der Waals surface area contributed by atoms with E-state index in [0.29, 0.717) is 11.4 Å². The second-order valence-corrected chi connectivity index (χ2v) is 4.87. The molecule has 0 aliphatic carbocycles. The van der Waals surface area contributed by atoms with Gasteiger partial charge in [0.1, 0.15) is 18.4 Å². The monoisotopic (exact) mass is 229 g/mol. The van der Waals surface area contributed by atoms with Crippen LogP contribution in [0.5, 0.6) is 0 Å². The van der Waals surface area contributed by atoms with Crippen molar-refractivity contribution < 1.29 is 14.8 Å². The van der Waals surface area contributed by atoms with E-state index in [2.05, 4.69) is 9.99 Å². The predicted molar refractivity (Wildman–Crippen MR) is 60.5 cm³/mol. The molecular formula is C10H19N3O3. The van der Waals surface area contributed by atoms with E-state index in [1.165, 1.54) is 7.11 Å². The summed E-state index contributed by atoms with van der Waals surface area (Å²) in [6, 6.07) is 0. The number of hydrogen-bond acceptors (Lipinski definition) is 5. The van der Waals surface area contributed by atoms with Crippen molar-refractivity contribution in [3.05, 3.63) is 5.21 Å². The van der Waals surface area contributed by atoms with Crippen LogP contribution in [0.1, 0.15) is 34.6 Å². The van der Waals surface area contributed by atoms with Crippen LogP contribution in [-0.2, 0) is 4.84 Å². The fourth-order valence-electron chi connectivity index (χ4n) is 2.16. The van der Waals surface area contributed by atoms with Crippen molar-refractivity contribution in [3.63, 3.8) is 0 Å². The first-order valence-electron chi connectivity index (χ1n) is 5.09. The van der Waals surface area contributed by atoms with Crippen LogP contribution in [0.2, 0.25) is 0 Å². The molecule has 1 N–H and O–H groups in total. The Morgan fingerprint density at radius 1 is 1.44 bits per heavy atom. The molecule has 1 heterocycles. The lowest BCUT2D eigenvalue weighted by molar-refractivity contribution is -0.579. The summed E-state index contributed by atoms with van der Waals surface area (Å²) in [6.45, 7) is 8.50. The molecule has 0 saturated heterocycles. The zero-order chi connectivity index (χ0) is 12.7. The Morgan fingerprint density at radius 3 is 2.25 bits per heavy atom. The summed E-state index contributed by atoms with van der Waals surface area (Å²) in [6.07, 6.45) is 0. The topological polar surface area (TPSA) is 71.1 Å². The molecule has 16 heavy (non-hydrogen) atoms. The molecule has 0 atom stereocenters. The molecule has 0 aromatic rings. The molecule has 0 unspecified atom stereocenters. The lowest BCUT2D eigenvalue weighted by atomic mass is 9.95. The molecule has 1 rings (SSSR count). The molecule has 0 saturated carbocycles. The van der Waals surface area contributed by atoms with Crippen LogP contribution in [0.25, 0.3) is 0 Å². The van der Waals surface area contributed by atoms with E-state index in [1.807, 2.05) is 0 Å². The zero-order valence-corrected chi connectivity index (χ0v) is 10.6. The Hall–Kier alpha value is -1.14. The maximum Gasteiger partial charge on any atom is 0.245 e. The van der Waals surface area contributed by atoms with E-state index in [-0.39, 0.29) is 0 Å². The molecule has 0 radical (unpaired) electrons. The van der Waals surface area contributed by atoms with Crippen molar-refractivity contribution in [2.45, 2.75) is 45.8 Å². The van der Waals surface area contributed by atoms with E-state index in [9.17, 15) is 10.4 Å². The van der Waals surface area contributed by atoms with Crippen molar-refractivity contribution >= 4 is 11.4 Å². The van der Waals surface area contributed by atoms with E-state index < -0.39 is 11.2 Å². The first-order chi connectivity index (χ1) is 7.17. The lowest BCUT2D eigenvalue weighted by Gasteiger charge is -2.29. The molecule has 92 valence electrons. The van der Waals surface area contributed by atoms with E-state index >= 15 is 0 Å². The fraction of sp³-hybridized carbons (Fsp3) is 0.800. The van der Waals surface area contributed by atoms with E-state index in [0.717, 1.165) is 9.80 Å². The van der Waals surface area contributed by atoms with Gasteiger partial charge in [0.25, 0.3) is 0 Å². The number of nitrogens with zero attached hydrogens (tertiary/aromatic N) is 3. The van der Waals surface area contributed by atoms with Gasteiger partial charge in [0.2, 0.25) is 11.4 Å². The lowest BCUT2D eigenvalue weighted by Crippen LogP contribution is -2.52. The molecule has 0 fully saturated rings. The van der Waals surface area contributed by atoms with Crippen molar-refractivity contribution in [2.75, 3.05) is 7.11 Å². The van der Waals surface area contributed by atoms with Crippen LogP contribution in [-0.4, -0.2) is 44.7 Å². The molecule has 0 bridgehead atoms. The average molecular weight is 229 g/mol. The molecule has 1 aliphatic rings. The summed E-state index contributed by atoms with van der Waals surface area (Å²) in [5.41, 5.74) is -0.935. The van der Waals surface area contributed by atoms with Gasteiger partial charge in [-0.05, 0) is 20.8 Å². The minimum atomic E-state index is -1.01. The van der Waals surface area contributed by atoms with Crippen LogP contribution >= 0.6 is 0 Å². The Bertz CT molecular complexity index is 358. The zero-order valence-electron chi connectivity index (χ0n) is 10.6. The Labute approximate surface area is 95.3 Å². The Kier molecular flexibility index (Phi) is 3.00. The third-order valence-corrected chi connectivity index (χ3v) is 2.90. The van der Waals surface area contributed by atoms with Gasteiger partial charge in [0.15, 0.2) is 0 Å². The molecule has 6 heteroatoms. The summed E-state index contributed by atoms with van der Waals surface area (Å²) in [5.74, 6) is 0. The van der Waals surface area contributed by atoms with Gasteiger partial charge in [-0.1, -0.05) is 5.16 Å². The van der Waals surface area contributed by atoms with Gasteiger partial charge in [0, 0.05) is 13.8 Å². The van der Waals surface area contributed by atoms with E-state index in [4.69, 9.17) is 0 Å². The first kappa shape index (κ1) is 12.9. The smallest absolute Gasteiger partial charge is 0.245 e. The van der Waals surface area contributed by atoms with Crippen molar-refractivity contribution in [2.24, 2.45) is 5.16 Å². The fourth-order valence-corrected chi connectivity index (χ4v) is 2.16. The summed E-state index contributed by atoms with van der Waals surface area (Å²) >= 11 is 0. The van der Waals surface area contributed by atoms with Gasteiger partial charge in [-0.2, -0.15) is 4.74 Å². The van der Waals surface area contributed by atoms with Crippen LogP contribution < -0.4 is 0 Å². The highest BCUT2D eigenvalue weighted by Crippen LogP contribution is 2.32. The van der Waals surface area contributed by atoms with Gasteiger partial charge in [-0.3, -0.25) is 0 Å². The number of rotatable bonds is 2. The van der Waals surface area contributed by atoms with Crippen LogP contribution in [0.3, 0.4) is 0 Å². The highest BCUT2D eigenvalue weighted by Gasteiger charge is 2.57. The maximum atomic E-state index is 12.1. The molecule has 0 spiro atoms. The minimum Gasteiger partial charge on any atom is -0.622 e. The number of hydroxylamine groups is 3. The second kappa shape index (κ2) is 3.71. The molecule has 6 nitrogen and oxygen atoms in total. The van der Waals surface area contributed by atoms with Gasteiger partial charge in [-0.25, -0.2) is 0 Å². The van der Waals surface area contributed by atoms with Gasteiger partial charge in [-0.15, -0.1) is 5.06 Å². The van der Waals surface area contributed by atoms with Gasteiger partial charge >= 0.3 is 0 Å². The molecular weight excluding hydrogens is 210 g/mol. The minimum absolute atomic E-state index is 0.404. The molecule has 0 aromatic carbocycles. The summed E-state index contributed by atoms with van der Waals surface area (Å²) in [4.78, 5) is 4.66. The molecule has 0 aromatic heterocycles. The highest BCUT2D eigenvalue weighted by atomic mass is 16.6. The normalized spacial score (nSPS) is 25.1. The largest absolute Gasteiger partial charge is 0.622 e. The molecule has 0 amide bonds. The van der Waals surface area contributed by atoms with Crippen LogP contribution in [0, 0.1) is 5.21 Å². The summed E-state index contributed by atoms with van der Waals surface area (Å²) in [7, 11) is 1.42. The third-order valence-electron chi connectivity index (χ3n) is 2.90. The average Bonchev–Trinajstić information content (AvgIpc) is 2.26. The van der Waals surface area contributed by atoms with Crippen LogP contribution in [0.15, 0.2) is 5.16 Å². The first-order valence-corrected chi connectivity index (χ1v) is 5.09. The summed E-state index contributed by atoms with van der Waals surface area (Å²) < 4.78 is 0.769. The second-order valence-electron chi connectivity index (χ2n) is 4.87. The maximum absolute atomic E-state index is 12.1. The quantitative estimate of drug-likeness (QED) is 0.334. The number of hydrogen-bond donors (Lipinski definition) is 1. The van der Waals surface area contributed by atoms with Crippen molar-refractivity contribution in [3.8, 4) is 0 Å². The van der Waals surface area contributed by atoms with Gasteiger partial charge < -0.3 is 15.3 Å². The predicted octanol–water partition coefficient (Wildman–Crippen LogP) is 1.18.